The average molecular weight is 480 g/mol. The van der Waals surface area contributed by atoms with E-state index in [1.54, 1.807) is 26.0 Å². The zero-order chi connectivity index (χ0) is 24.6. The molecule has 10 nitrogen and oxygen atoms in total. The van der Waals surface area contributed by atoms with E-state index in [2.05, 4.69) is 35.8 Å². The molecule has 0 spiro atoms. The van der Waals surface area contributed by atoms with Gasteiger partial charge < -0.3 is 30.3 Å². The number of rotatable bonds is 5. The molecule has 11 heteroatoms. The first-order valence-corrected chi connectivity index (χ1v) is 11.3. The molecule has 3 aromatic rings. The lowest BCUT2D eigenvalue weighted by Crippen LogP contribution is -2.46. The highest BCUT2D eigenvalue weighted by molar-refractivity contribution is 5.99. The van der Waals surface area contributed by atoms with Gasteiger partial charge in [0.1, 0.15) is 5.82 Å². The zero-order valence-corrected chi connectivity index (χ0v) is 19.6. The third-order valence-corrected chi connectivity index (χ3v) is 5.72. The van der Waals surface area contributed by atoms with Crippen LogP contribution < -0.4 is 25.6 Å². The molecule has 35 heavy (non-hydrogen) atoms. The van der Waals surface area contributed by atoms with Crippen LogP contribution in [0.15, 0.2) is 42.6 Å². The highest BCUT2D eigenvalue weighted by Crippen LogP contribution is 2.34. The highest BCUT2D eigenvalue weighted by Gasteiger charge is 2.36. The van der Waals surface area contributed by atoms with Crippen molar-refractivity contribution < 1.29 is 18.7 Å². The summed E-state index contributed by atoms with van der Waals surface area (Å²) in [7, 11) is 0. The SMILES string of the molecule is CC1CN(c2ccccc2Nc2ncc(F)c(Nc3ccc4c(n3)NC(=O)C(C)(C)O4)n2)CCO1. The van der Waals surface area contributed by atoms with Crippen molar-refractivity contribution in [1.82, 2.24) is 15.0 Å². The number of anilines is 6. The molecular formula is C24H26FN7O3. The number of amides is 1. The topological polar surface area (TPSA) is 114 Å². The number of halogens is 1. The van der Waals surface area contributed by atoms with Gasteiger partial charge >= 0.3 is 0 Å². The Morgan fingerprint density at radius 1 is 1.17 bits per heavy atom. The fraction of sp³-hybridized carbons (Fsp3) is 0.333. The summed E-state index contributed by atoms with van der Waals surface area (Å²) in [6.45, 7) is 7.54. The van der Waals surface area contributed by atoms with Crippen molar-refractivity contribution >= 4 is 40.7 Å². The summed E-state index contributed by atoms with van der Waals surface area (Å²) in [6, 6.07) is 11.1. The van der Waals surface area contributed by atoms with Crippen LogP contribution in [0.4, 0.5) is 39.2 Å². The van der Waals surface area contributed by atoms with Crippen molar-refractivity contribution in [2.45, 2.75) is 32.5 Å². The molecule has 0 aliphatic carbocycles. The van der Waals surface area contributed by atoms with E-state index in [4.69, 9.17) is 9.47 Å². The molecule has 1 saturated heterocycles. The van der Waals surface area contributed by atoms with Gasteiger partial charge in [-0.1, -0.05) is 12.1 Å². The fourth-order valence-corrected chi connectivity index (χ4v) is 3.92. The van der Waals surface area contributed by atoms with Crippen LogP contribution in [0.3, 0.4) is 0 Å². The van der Waals surface area contributed by atoms with Crippen LogP contribution in [0.1, 0.15) is 20.8 Å². The molecule has 0 bridgehead atoms. The Hall–Kier alpha value is -3.99. The second-order valence-electron chi connectivity index (χ2n) is 8.89. The van der Waals surface area contributed by atoms with E-state index in [0.29, 0.717) is 18.2 Å². The van der Waals surface area contributed by atoms with E-state index in [1.165, 1.54) is 0 Å². The van der Waals surface area contributed by atoms with Crippen LogP contribution in [0.25, 0.3) is 0 Å². The van der Waals surface area contributed by atoms with E-state index >= 15 is 0 Å². The van der Waals surface area contributed by atoms with Gasteiger partial charge in [0.25, 0.3) is 5.91 Å². The zero-order valence-electron chi connectivity index (χ0n) is 19.6. The van der Waals surface area contributed by atoms with Crippen molar-refractivity contribution in [3.63, 3.8) is 0 Å². The molecule has 2 aromatic heterocycles. The standard InChI is InChI=1S/C24H26FN7O3/c1-14-13-32(10-11-34-14)17-7-5-4-6-16(17)27-23-26-12-15(25)20(31-23)28-19-9-8-18-21(29-19)30-22(33)24(2,3)35-18/h4-9,12,14H,10-11,13H2,1-3H3,(H3,26,27,28,29,30,31,33). The molecule has 1 atom stereocenters. The predicted octanol–water partition coefficient (Wildman–Crippen LogP) is 3.83. The largest absolute Gasteiger partial charge is 0.474 e. The van der Waals surface area contributed by atoms with Gasteiger partial charge in [0.2, 0.25) is 5.95 Å². The number of fused-ring (bicyclic) bond motifs is 1. The molecule has 182 valence electrons. The number of ether oxygens (including phenoxy) is 2. The minimum absolute atomic E-state index is 0.0594. The molecule has 0 radical (unpaired) electrons. The summed E-state index contributed by atoms with van der Waals surface area (Å²) >= 11 is 0. The van der Waals surface area contributed by atoms with Gasteiger partial charge in [-0.15, -0.1) is 0 Å². The Morgan fingerprint density at radius 2 is 2.00 bits per heavy atom. The first-order valence-electron chi connectivity index (χ1n) is 11.3. The first kappa shape index (κ1) is 22.8. The van der Waals surface area contributed by atoms with E-state index < -0.39 is 11.4 Å². The number of nitrogens with zero attached hydrogens (tertiary/aromatic N) is 4. The van der Waals surface area contributed by atoms with Crippen LogP contribution in [-0.4, -0.2) is 52.3 Å². The Labute approximate surface area is 201 Å². The molecule has 1 unspecified atom stereocenters. The molecule has 1 aromatic carbocycles. The number of morpholine rings is 1. The van der Waals surface area contributed by atoms with Crippen molar-refractivity contribution in [3.05, 3.63) is 48.4 Å². The minimum Gasteiger partial charge on any atom is -0.474 e. The Morgan fingerprint density at radius 3 is 2.83 bits per heavy atom. The van der Waals surface area contributed by atoms with Crippen LogP contribution in [-0.2, 0) is 9.53 Å². The maximum Gasteiger partial charge on any atom is 0.269 e. The summed E-state index contributed by atoms with van der Waals surface area (Å²) < 4.78 is 25.9. The second-order valence-corrected chi connectivity index (χ2v) is 8.89. The molecule has 2 aliphatic heterocycles. The molecular weight excluding hydrogens is 453 g/mol. The number of carbonyl (C=O) groups excluding carboxylic acids is 1. The molecule has 5 rings (SSSR count). The molecule has 4 heterocycles. The quantitative estimate of drug-likeness (QED) is 0.502. The van der Waals surface area contributed by atoms with Gasteiger partial charge in [-0.05, 0) is 45.0 Å². The van der Waals surface area contributed by atoms with E-state index in [0.717, 1.165) is 30.7 Å². The lowest BCUT2D eigenvalue weighted by atomic mass is 10.1. The molecule has 1 fully saturated rings. The number of pyridine rings is 1. The van der Waals surface area contributed by atoms with E-state index in [1.807, 2.05) is 31.2 Å². The number of para-hydroxylation sites is 2. The third kappa shape index (κ3) is 4.80. The highest BCUT2D eigenvalue weighted by atomic mass is 19.1. The van der Waals surface area contributed by atoms with Crippen LogP contribution in [0.5, 0.6) is 5.75 Å². The fourth-order valence-electron chi connectivity index (χ4n) is 3.92. The number of nitrogens with one attached hydrogen (secondary N) is 3. The van der Waals surface area contributed by atoms with Gasteiger partial charge in [0, 0.05) is 13.1 Å². The van der Waals surface area contributed by atoms with Crippen LogP contribution >= 0.6 is 0 Å². The van der Waals surface area contributed by atoms with Crippen molar-refractivity contribution in [2.24, 2.45) is 0 Å². The predicted molar refractivity (Wildman–Crippen MR) is 130 cm³/mol. The second kappa shape index (κ2) is 8.99. The van der Waals surface area contributed by atoms with E-state index in [9.17, 15) is 9.18 Å². The van der Waals surface area contributed by atoms with Gasteiger partial charge in [-0.2, -0.15) is 4.98 Å². The van der Waals surface area contributed by atoms with Crippen molar-refractivity contribution in [3.8, 4) is 5.75 Å². The number of carbonyl (C=O) groups is 1. The van der Waals surface area contributed by atoms with Crippen molar-refractivity contribution in [2.75, 3.05) is 40.5 Å². The lowest BCUT2D eigenvalue weighted by molar-refractivity contribution is -0.129. The van der Waals surface area contributed by atoms with Crippen LogP contribution in [0.2, 0.25) is 0 Å². The molecule has 1 amide bonds. The summed E-state index contributed by atoms with van der Waals surface area (Å²) in [6.07, 6.45) is 1.21. The van der Waals surface area contributed by atoms with Gasteiger partial charge in [-0.25, -0.2) is 14.4 Å². The minimum atomic E-state index is -1.00. The number of hydrogen-bond acceptors (Lipinski definition) is 9. The normalized spacial score (nSPS) is 18.8. The summed E-state index contributed by atoms with van der Waals surface area (Å²) in [5, 5.41) is 8.76. The third-order valence-electron chi connectivity index (χ3n) is 5.72. The number of benzene rings is 1. The smallest absolute Gasteiger partial charge is 0.269 e. The van der Waals surface area contributed by atoms with Crippen molar-refractivity contribution in [1.29, 1.82) is 0 Å². The van der Waals surface area contributed by atoms with Crippen LogP contribution in [0, 0.1) is 5.82 Å². The van der Waals surface area contributed by atoms with Gasteiger partial charge in [0.15, 0.2) is 28.8 Å². The average Bonchev–Trinajstić information content (AvgIpc) is 2.82. The number of hydrogen-bond donors (Lipinski definition) is 3. The summed E-state index contributed by atoms with van der Waals surface area (Å²) in [5.74, 6) is 0.170. The maximum atomic E-state index is 14.6. The molecule has 3 N–H and O–H groups in total. The monoisotopic (exact) mass is 479 g/mol. The van der Waals surface area contributed by atoms with Gasteiger partial charge in [0.05, 0.1) is 30.3 Å². The maximum absolute atomic E-state index is 14.6. The first-order chi connectivity index (χ1) is 16.8. The molecule has 2 aliphatic rings. The lowest BCUT2D eigenvalue weighted by Gasteiger charge is -2.34. The van der Waals surface area contributed by atoms with E-state index in [-0.39, 0.29) is 29.6 Å². The molecule has 0 saturated carbocycles. The Bertz CT molecular complexity index is 1270. The Kier molecular flexibility index (Phi) is 5.85. The van der Waals surface area contributed by atoms with Gasteiger partial charge in [-0.3, -0.25) is 4.79 Å². The Balaban J connectivity index is 1.37. The number of aromatic nitrogens is 3. The summed E-state index contributed by atoms with van der Waals surface area (Å²) in [5.41, 5.74) is 0.784. The summed E-state index contributed by atoms with van der Waals surface area (Å²) in [4.78, 5) is 27.1.